The average molecular weight is 296 g/mol. The molecular weight excluding hydrogens is 283 g/mol. The van der Waals surface area contributed by atoms with E-state index in [2.05, 4.69) is 5.32 Å². The minimum atomic E-state index is -4.42. The van der Waals surface area contributed by atoms with Crippen LogP contribution in [0.3, 0.4) is 0 Å². The molecule has 0 amide bonds. The second kappa shape index (κ2) is 6.77. The summed E-state index contributed by atoms with van der Waals surface area (Å²) in [6.07, 6.45) is -4.42. The van der Waals surface area contributed by atoms with Crippen molar-refractivity contribution in [1.29, 1.82) is 0 Å². The standard InChI is InChI=1S/C12H13ClF3NO2/c1-2-19-11(18)7-17-6-8-3-4-9(5-10(8)13)12(14,15)16/h3-5,17H,2,6-7H2,1H3. The molecule has 1 rings (SSSR count). The van der Waals surface area contributed by atoms with Gasteiger partial charge < -0.3 is 10.1 Å². The zero-order valence-corrected chi connectivity index (χ0v) is 10.9. The molecule has 1 aromatic carbocycles. The van der Waals surface area contributed by atoms with Crippen molar-refractivity contribution in [3.05, 3.63) is 34.3 Å². The highest BCUT2D eigenvalue weighted by atomic mass is 35.5. The second-order valence-electron chi connectivity index (χ2n) is 3.71. The van der Waals surface area contributed by atoms with Crippen LogP contribution < -0.4 is 5.32 Å². The fourth-order valence-electron chi connectivity index (χ4n) is 1.38. The second-order valence-corrected chi connectivity index (χ2v) is 4.12. The van der Waals surface area contributed by atoms with E-state index >= 15 is 0 Å². The number of rotatable bonds is 5. The normalized spacial score (nSPS) is 11.4. The van der Waals surface area contributed by atoms with Crippen LogP contribution in [0.5, 0.6) is 0 Å². The van der Waals surface area contributed by atoms with E-state index in [1.54, 1.807) is 6.92 Å². The van der Waals surface area contributed by atoms with E-state index < -0.39 is 17.7 Å². The quantitative estimate of drug-likeness (QED) is 0.849. The molecule has 0 unspecified atom stereocenters. The van der Waals surface area contributed by atoms with Crippen LogP contribution in [0.2, 0.25) is 5.02 Å². The number of carbonyl (C=O) groups excluding carboxylic acids is 1. The van der Waals surface area contributed by atoms with Crippen molar-refractivity contribution in [1.82, 2.24) is 5.32 Å². The van der Waals surface area contributed by atoms with Gasteiger partial charge in [0.15, 0.2) is 0 Å². The molecule has 19 heavy (non-hydrogen) atoms. The minimum absolute atomic E-state index is 0.00573. The third-order valence-electron chi connectivity index (χ3n) is 2.27. The Hall–Kier alpha value is -1.27. The first-order chi connectivity index (χ1) is 8.84. The van der Waals surface area contributed by atoms with Gasteiger partial charge >= 0.3 is 12.1 Å². The Bertz CT molecular complexity index is 449. The number of ether oxygens (including phenoxy) is 1. The Labute approximate surface area is 113 Å². The number of halogens is 4. The van der Waals surface area contributed by atoms with Crippen molar-refractivity contribution in [2.45, 2.75) is 19.6 Å². The largest absolute Gasteiger partial charge is 0.465 e. The Morgan fingerprint density at radius 3 is 2.63 bits per heavy atom. The lowest BCUT2D eigenvalue weighted by atomic mass is 10.1. The third kappa shape index (κ3) is 5.08. The lowest BCUT2D eigenvalue weighted by Gasteiger charge is -2.10. The van der Waals surface area contributed by atoms with Crippen LogP contribution in [0.4, 0.5) is 13.2 Å². The van der Waals surface area contributed by atoms with Crippen LogP contribution in [-0.2, 0) is 22.3 Å². The summed E-state index contributed by atoms with van der Waals surface area (Å²) in [5.41, 5.74) is -0.314. The van der Waals surface area contributed by atoms with Crippen LogP contribution in [-0.4, -0.2) is 19.1 Å². The first-order valence-corrected chi connectivity index (χ1v) is 5.94. The molecule has 1 aromatic rings. The summed E-state index contributed by atoms with van der Waals surface area (Å²) in [5.74, 6) is -0.425. The topological polar surface area (TPSA) is 38.3 Å². The van der Waals surface area contributed by atoms with Crippen molar-refractivity contribution in [2.75, 3.05) is 13.2 Å². The predicted molar refractivity (Wildman–Crippen MR) is 64.8 cm³/mol. The highest BCUT2D eigenvalue weighted by molar-refractivity contribution is 6.31. The van der Waals surface area contributed by atoms with Crippen molar-refractivity contribution in [2.24, 2.45) is 0 Å². The van der Waals surface area contributed by atoms with Crippen LogP contribution in [0.15, 0.2) is 18.2 Å². The number of alkyl halides is 3. The number of benzene rings is 1. The van der Waals surface area contributed by atoms with Gasteiger partial charge in [0.2, 0.25) is 0 Å². The minimum Gasteiger partial charge on any atom is -0.465 e. The molecule has 0 aromatic heterocycles. The van der Waals surface area contributed by atoms with Crippen molar-refractivity contribution >= 4 is 17.6 Å². The molecule has 0 aliphatic heterocycles. The van der Waals surface area contributed by atoms with Gasteiger partial charge in [0.05, 0.1) is 18.7 Å². The molecule has 0 saturated carbocycles. The monoisotopic (exact) mass is 295 g/mol. The lowest BCUT2D eigenvalue weighted by molar-refractivity contribution is -0.142. The summed E-state index contributed by atoms with van der Waals surface area (Å²) < 4.78 is 41.9. The van der Waals surface area contributed by atoms with Gasteiger partial charge in [-0.3, -0.25) is 4.79 Å². The zero-order chi connectivity index (χ0) is 14.5. The van der Waals surface area contributed by atoms with Crippen molar-refractivity contribution in [3.63, 3.8) is 0 Å². The van der Waals surface area contributed by atoms with Crippen LogP contribution in [0.25, 0.3) is 0 Å². The van der Waals surface area contributed by atoms with Gasteiger partial charge in [0, 0.05) is 11.6 Å². The predicted octanol–water partition coefficient (Wildman–Crippen LogP) is 3.01. The van der Waals surface area contributed by atoms with E-state index in [9.17, 15) is 18.0 Å². The first kappa shape index (κ1) is 15.8. The Morgan fingerprint density at radius 1 is 1.42 bits per heavy atom. The average Bonchev–Trinajstić information content (AvgIpc) is 2.30. The molecule has 106 valence electrons. The van der Waals surface area contributed by atoms with Gasteiger partial charge in [-0.2, -0.15) is 13.2 Å². The van der Waals surface area contributed by atoms with Gasteiger partial charge in [-0.15, -0.1) is 0 Å². The highest BCUT2D eigenvalue weighted by Crippen LogP contribution is 2.31. The Kier molecular flexibility index (Phi) is 5.62. The SMILES string of the molecule is CCOC(=O)CNCc1ccc(C(F)(F)F)cc1Cl. The molecule has 7 heteroatoms. The molecule has 0 saturated heterocycles. The molecular formula is C12H13ClF3NO2. The maximum atomic E-state index is 12.4. The van der Waals surface area contributed by atoms with E-state index in [4.69, 9.17) is 16.3 Å². The van der Waals surface area contributed by atoms with Gasteiger partial charge in [0.1, 0.15) is 0 Å². The maximum Gasteiger partial charge on any atom is 0.416 e. The van der Waals surface area contributed by atoms with Crippen LogP contribution in [0, 0.1) is 0 Å². The van der Waals surface area contributed by atoms with E-state index in [1.165, 1.54) is 6.07 Å². The van der Waals surface area contributed by atoms with Crippen molar-refractivity contribution < 1.29 is 22.7 Å². The number of hydrogen-bond donors (Lipinski definition) is 1. The molecule has 0 spiro atoms. The molecule has 0 atom stereocenters. The molecule has 0 bridgehead atoms. The smallest absolute Gasteiger partial charge is 0.416 e. The molecule has 0 heterocycles. The van der Waals surface area contributed by atoms with E-state index in [0.29, 0.717) is 5.56 Å². The fourth-order valence-corrected chi connectivity index (χ4v) is 1.63. The first-order valence-electron chi connectivity index (χ1n) is 5.56. The molecule has 0 radical (unpaired) electrons. The van der Waals surface area contributed by atoms with Gasteiger partial charge in [-0.1, -0.05) is 17.7 Å². The Morgan fingerprint density at radius 2 is 2.11 bits per heavy atom. The molecule has 1 N–H and O–H groups in total. The number of hydrogen-bond acceptors (Lipinski definition) is 3. The summed E-state index contributed by atoms with van der Waals surface area (Å²) in [6, 6.07) is 3.10. The maximum absolute atomic E-state index is 12.4. The molecule has 3 nitrogen and oxygen atoms in total. The summed E-state index contributed by atoms with van der Waals surface area (Å²) in [7, 11) is 0. The van der Waals surface area contributed by atoms with Gasteiger partial charge in [-0.05, 0) is 24.6 Å². The molecule has 0 aliphatic rings. The van der Waals surface area contributed by atoms with Crippen LogP contribution >= 0.6 is 11.6 Å². The number of nitrogens with one attached hydrogen (secondary N) is 1. The summed E-state index contributed by atoms with van der Waals surface area (Å²) in [6.45, 7) is 2.13. The number of carbonyl (C=O) groups is 1. The highest BCUT2D eigenvalue weighted by Gasteiger charge is 2.30. The lowest BCUT2D eigenvalue weighted by Crippen LogP contribution is -2.24. The van der Waals surface area contributed by atoms with Gasteiger partial charge in [-0.25, -0.2) is 0 Å². The zero-order valence-electron chi connectivity index (χ0n) is 10.2. The summed E-state index contributed by atoms with van der Waals surface area (Å²) in [4.78, 5) is 11.0. The van der Waals surface area contributed by atoms with E-state index in [1.807, 2.05) is 0 Å². The molecule has 0 fully saturated rings. The summed E-state index contributed by atoms with van der Waals surface area (Å²) in [5, 5.41) is 2.75. The fraction of sp³-hybridized carbons (Fsp3) is 0.417. The summed E-state index contributed by atoms with van der Waals surface area (Å²) >= 11 is 5.76. The van der Waals surface area contributed by atoms with Crippen LogP contribution in [0.1, 0.15) is 18.1 Å². The third-order valence-corrected chi connectivity index (χ3v) is 2.62. The molecule has 0 aliphatic carbocycles. The number of esters is 1. The van der Waals surface area contributed by atoms with Gasteiger partial charge in [0.25, 0.3) is 0 Å². The van der Waals surface area contributed by atoms with E-state index in [-0.39, 0.29) is 24.7 Å². The van der Waals surface area contributed by atoms with Crippen molar-refractivity contribution in [3.8, 4) is 0 Å². The Balaban J connectivity index is 2.58. The van der Waals surface area contributed by atoms with E-state index in [0.717, 1.165) is 12.1 Å².